The summed E-state index contributed by atoms with van der Waals surface area (Å²) in [5.74, 6) is -0.659. The van der Waals surface area contributed by atoms with Crippen molar-refractivity contribution in [3.63, 3.8) is 0 Å². The Balaban J connectivity index is 1.79. The van der Waals surface area contributed by atoms with Gasteiger partial charge >= 0.3 is 0 Å². The van der Waals surface area contributed by atoms with Crippen LogP contribution in [0.2, 0.25) is 5.02 Å². The summed E-state index contributed by atoms with van der Waals surface area (Å²) in [7, 11) is -2.78. The van der Waals surface area contributed by atoms with E-state index < -0.39 is 22.5 Å². The standard InChI is InChI=1S/C17H16ClN3O5S/c1-21(9-16(22)19-11-5-3-2-4-6-11)27(24,25)15-8-14-13(7-12(15)18)20-17(23)10-26-14/h2-8H,9-10H2,1H3,(H,19,22)(H,20,23). The van der Waals surface area contributed by atoms with E-state index >= 15 is 0 Å². The lowest BCUT2D eigenvalue weighted by molar-refractivity contribution is -0.118. The number of rotatable bonds is 5. The molecule has 0 bridgehead atoms. The van der Waals surface area contributed by atoms with Gasteiger partial charge in [0.2, 0.25) is 15.9 Å². The third kappa shape index (κ3) is 4.21. The molecule has 2 aromatic rings. The van der Waals surface area contributed by atoms with Gasteiger partial charge in [-0.05, 0) is 18.2 Å². The van der Waals surface area contributed by atoms with Crippen molar-refractivity contribution < 1.29 is 22.7 Å². The second-order valence-electron chi connectivity index (χ2n) is 5.79. The van der Waals surface area contributed by atoms with E-state index in [2.05, 4.69) is 10.6 Å². The predicted octanol–water partition coefficient (Wildman–Crippen LogP) is 1.93. The fourth-order valence-corrected chi connectivity index (χ4v) is 4.10. The van der Waals surface area contributed by atoms with Crippen molar-refractivity contribution in [2.75, 3.05) is 30.8 Å². The minimum absolute atomic E-state index is 0.0881. The van der Waals surface area contributed by atoms with E-state index in [1.54, 1.807) is 30.3 Å². The number of para-hydroxylation sites is 1. The summed E-state index contributed by atoms with van der Waals surface area (Å²) in [5, 5.41) is 5.07. The number of halogens is 1. The largest absolute Gasteiger partial charge is 0.482 e. The van der Waals surface area contributed by atoms with E-state index in [4.69, 9.17) is 16.3 Å². The molecule has 1 aliphatic rings. The van der Waals surface area contributed by atoms with Gasteiger partial charge in [-0.2, -0.15) is 4.31 Å². The SMILES string of the molecule is CN(CC(=O)Nc1ccccc1)S(=O)(=O)c1cc2c(cc1Cl)NC(=O)CO2. The summed E-state index contributed by atoms with van der Waals surface area (Å²) in [6.07, 6.45) is 0. The number of ether oxygens (including phenoxy) is 1. The molecule has 1 heterocycles. The Kier molecular flexibility index (Phi) is 5.36. The Bertz CT molecular complexity index is 995. The van der Waals surface area contributed by atoms with Crippen molar-refractivity contribution in [3.8, 4) is 5.75 Å². The van der Waals surface area contributed by atoms with Crippen LogP contribution in [0.25, 0.3) is 0 Å². The quantitative estimate of drug-likeness (QED) is 0.785. The van der Waals surface area contributed by atoms with E-state index in [9.17, 15) is 18.0 Å². The molecule has 0 fully saturated rings. The Morgan fingerprint density at radius 1 is 1.30 bits per heavy atom. The second kappa shape index (κ2) is 7.55. The maximum absolute atomic E-state index is 12.8. The Labute approximate surface area is 161 Å². The molecule has 0 aliphatic carbocycles. The normalized spacial score (nSPS) is 13.5. The van der Waals surface area contributed by atoms with Gasteiger partial charge in [-0.25, -0.2) is 8.42 Å². The maximum Gasteiger partial charge on any atom is 0.262 e. The summed E-state index contributed by atoms with van der Waals surface area (Å²) < 4.78 is 31.7. The molecule has 0 aromatic heterocycles. The van der Waals surface area contributed by atoms with Crippen LogP contribution in [0, 0.1) is 0 Å². The molecular weight excluding hydrogens is 394 g/mol. The lowest BCUT2D eigenvalue weighted by atomic mass is 10.2. The van der Waals surface area contributed by atoms with Crippen LogP contribution in [-0.2, 0) is 19.6 Å². The fraction of sp³-hybridized carbons (Fsp3) is 0.176. The van der Waals surface area contributed by atoms with Crippen LogP contribution in [0.4, 0.5) is 11.4 Å². The van der Waals surface area contributed by atoms with E-state index in [0.717, 1.165) is 4.31 Å². The number of anilines is 2. The Morgan fingerprint density at radius 2 is 2.00 bits per heavy atom. The van der Waals surface area contributed by atoms with Crippen LogP contribution in [0.5, 0.6) is 5.75 Å². The number of benzene rings is 2. The number of hydrogen-bond donors (Lipinski definition) is 2. The molecule has 0 saturated carbocycles. The number of likely N-dealkylation sites (N-methyl/N-ethyl adjacent to an activating group) is 1. The van der Waals surface area contributed by atoms with Crippen LogP contribution in [0.1, 0.15) is 0 Å². The topological polar surface area (TPSA) is 105 Å². The van der Waals surface area contributed by atoms with E-state index in [1.807, 2.05) is 0 Å². The van der Waals surface area contributed by atoms with Gasteiger partial charge in [-0.3, -0.25) is 9.59 Å². The number of hydrogen-bond acceptors (Lipinski definition) is 5. The Hall–Kier alpha value is -2.62. The summed E-state index contributed by atoms with van der Waals surface area (Å²) in [4.78, 5) is 23.3. The molecule has 2 aromatic carbocycles. The number of fused-ring (bicyclic) bond motifs is 1. The molecule has 0 unspecified atom stereocenters. The molecular formula is C17H16ClN3O5S. The molecule has 2 amide bonds. The van der Waals surface area contributed by atoms with Gasteiger partial charge in [-0.1, -0.05) is 29.8 Å². The highest BCUT2D eigenvalue weighted by atomic mass is 35.5. The molecule has 8 nitrogen and oxygen atoms in total. The lowest BCUT2D eigenvalue weighted by Gasteiger charge is -2.22. The molecule has 1 aliphatic heterocycles. The van der Waals surface area contributed by atoms with Gasteiger partial charge in [-0.15, -0.1) is 0 Å². The number of sulfonamides is 1. The van der Waals surface area contributed by atoms with Gasteiger partial charge in [0.25, 0.3) is 5.91 Å². The van der Waals surface area contributed by atoms with E-state index in [0.29, 0.717) is 11.4 Å². The summed E-state index contributed by atoms with van der Waals surface area (Å²) in [6, 6.07) is 11.2. The predicted molar refractivity (Wildman–Crippen MR) is 100 cm³/mol. The molecule has 0 saturated heterocycles. The molecule has 2 N–H and O–H groups in total. The number of nitrogens with zero attached hydrogens (tertiary/aromatic N) is 1. The minimum atomic E-state index is -4.06. The van der Waals surface area contributed by atoms with Crippen LogP contribution in [-0.4, -0.2) is 44.7 Å². The summed E-state index contributed by atoms with van der Waals surface area (Å²) in [5.41, 5.74) is 0.851. The zero-order valence-electron chi connectivity index (χ0n) is 14.2. The highest BCUT2D eigenvalue weighted by Crippen LogP contribution is 2.36. The second-order valence-corrected chi connectivity index (χ2v) is 8.21. The van der Waals surface area contributed by atoms with Crippen LogP contribution in [0.3, 0.4) is 0 Å². The molecule has 27 heavy (non-hydrogen) atoms. The van der Waals surface area contributed by atoms with E-state index in [-0.39, 0.29) is 28.2 Å². The van der Waals surface area contributed by atoms with Crippen molar-refractivity contribution in [2.24, 2.45) is 0 Å². The monoisotopic (exact) mass is 409 g/mol. The molecule has 0 atom stereocenters. The van der Waals surface area contributed by atoms with Crippen molar-refractivity contribution in [3.05, 3.63) is 47.5 Å². The molecule has 0 radical (unpaired) electrons. The number of nitrogens with one attached hydrogen (secondary N) is 2. The lowest BCUT2D eigenvalue weighted by Crippen LogP contribution is -2.35. The van der Waals surface area contributed by atoms with E-state index in [1.165, 1.54) is 19.2 Å². The third-order valence-corrected chi connectivity index (χ3v) is 6.05. The van der Waals surface area contributed by atoms with Crippen molar-refractivity contribution >= 4 is 44.8 Å². The van der Waals surface area contributed by atoms with Crippen molar-refractivity contribution in [1.29, 1.82) is 0 Å². The van der Waals surface area contributed by atoms with Gasteiger partial charge in [0.1, 0.15) is 10.6 Å². The zero-order chi connectivity index (χ0) is 19.6. The fourth-order valence-electron chi connectivity index (χ4n) is 2.46. The first-order chi connectivity index (χ1) is 12.8. The third-order valence-electron chi connectivity index (χ3n) is 3.78. The number of carbonyl (C=O) groups excluding carboxylic acids is 2. The highest BCUT2D eigenvalue weighted by molar-refractivity contribution is 7.89. The first kappa shape index (κ1) is 19.2. The molecule has 3 rings (SSSR count). The van der Waals surface area contributed by atoms with Gasteiger partial charge in [0.05, 0.1) is 17.3 Å². The number of carbonyl (C=O) groups is 2. The maximum atomic E-state index is 12.8. The van der Waals surface area contributed by atoms with Gasteiger partial charge < -0.3 is 15.4 Å². The van der Waals surface area contributed by atoms with Crippen molar-refractivity contribution in [1.82, 2.24) is 4.31 Å². The number of amides is 2. The first-order valence-electron chi connectivity index (χ1n) is 7.85. The molecule has 0 spiro atoms. The average Bonchev–Trinajstić information content (AvgIpc) is 2.61. The van der Waals surface area contributed by atoms with Gasteiger partial charge in [0.15, 0.2) is 6.61 Å². The van der Waals surface area contributed by atoms with Crippen LogP contribution in [0.15, 0.2) is 47.4 Å². The zero-order valence-corrected chi connectivity index (χ0v) is 15.8. The Morgan fingerprint density at radius 3 is 2.70 bits per heavy atom. The first-order valence-corrected chi connectivity index (χ1v) is 9.66. The van der Waals surface area contributed by atoms with Crippen molar-refractivity contribution in [2.45, 2.75) is 4.90 Å². The van der Waals surface area contributed by atoms with Gasteiger partial charge in [0, 0.05) is 18.8 Å². The molecule has 142 valence electrons. The molecule has 10 heteroatoms. The summed E-state index contributed by atoms with van der Waals surface area (Å²) in [6.45, 7) is -0.619. The van der Waals surface area contributed by atoms with Crippen LogP contribution >= 0.6 is 11.6 Å². The average molecular weight is 410 g/mol. The smallest absolute Gasteiger partial charge is 0.262 e. The highest BCUT2D eigenvalue weighted by Gasteiger charge is 2.28. The van der Waals surface area contributed by atoms with Crippen LogP contribution < -0.4 is 15.4 Å². The minimum Gasteiger partial charge on any atom is -0.482 e. The summed E-state index contributed by atoms with van der Waals surface area (Å²) >= 11 is 6.09.